The molecule has 4 aromatic rings. The molecule has 0 unspecified atom stereocenters. The monoisotopic (exact) mass is 1060 g/mol. The number of carbonyl (C=O) groups excluding carboxylic acids is 5. The van der Waals surface area contributed by atoms with E-state index in [0.29, 0.717) is 28.3 Å². The molecule has 1 aromatic heterocycles. The van der Waals surface area contributed by atoms with Gasteiger partial charge in [0.2, 0.25) is 11.8 Å². The number of hydrogen-bond acceptors (Lipinski definition) is 15. The normalized spacial score (nSPS) is 16.3. The summed E-state index contributed by atoms with van der Waals surface area (Å²) in [5, 5.41) is 29.4. The molecular weight excluding hydrogens is 991 g/mol. The number of likely N-dealkylation sites (N-methyl/N-ethyl adjacent to an activating group) is 1. The van der Waals surface area contributed by atoms with Crippen LogP contribution >= 0.6 is 13.5 Å². The van der Waals surface area contributed by atoms with Gasteiger partial charge in [-0.05, 0) is 66.6 Å². The number of ether oxygens (including phenoxy) is 2. The Bertz CT molecular complexity index is 2890. The van der Waals surface area contributed by atoms with Crippen molar-refractivity contribution in [1.82, 2.24) is 24.9 Å². The SMILES string of the molecule is Cc1nc(-c2ccc(C(C)(C)C)cc2)nc(C)c1C(=O)C[C@@H](CNS(N)(=O)=O)C(=O)N(C)[C@@H]1C(=O)C[C@@H](C)C(=O)N[C@H](C(=O)CCC#N)Cc2ccc(OCCN)c(c2)-c2cc1cc(OCCN=C(N)N)c2O.S. The number of aromatic hydroxyl groups is 1. The highest BCUT2D eigenvalue weighted by Gasteiger charge is 2.38. The highest BCUT2D eigenvalue weighted by Crippen LogP contribution is 2.45. The van der Waals surface area contributed by atoms with Gasteiger partial charge >= 0.3 is 0 Å². The van der Waals surface area contributed by atoms with Crippen molar-refractivity contribution >= 4 is 58.8 Å². The van der Waals surface area contributed by atoms with Crippen LogP contribution in [0.5, 0.6) is 17.2 Å². The summed E-state index contributed by atoms with van der Waals surface area (Å²) in [6.07, 6.45) is -1.45. The minimum atomic E-state index is -4.45. The van der Waals surface area contributed by atoms with E-state index in [0.717, 1.165) is 10.5 Å². The van der Waals surface area contributed by atoms with Crippen LogP contribution in [0.1, 0.15) is 97.9 Å². The van der Waals surface area contributed by atoms with Crippen LogP contribution in [0, 0.1) is 37.0 Å². The second-order valence-corrected chi connectivity index (χ2v) is 20.4. The first-order chi connectivity index (χ1) is 34.3. The van der Waals surface area contributed by atoms with Crippen LogP contribution in [-0.4, -0.2) is 109 Å². The number of nitrogens with zero attached hydrogens (tertiary/aromatic N) is 5. The lowest BCUT2D eigenvalue weighted by Gasteiger charge is -2.32. The fraction of sp³-hybridized carbons (Fsp3) is 0.431. The van der Waals surface area contributed by atoms with Crippen molar-refractivity contribution in [3.05, 3.63) is 88.2 Å². The number of fused-ring (bicyclic) bond motifs is 5. The Morgan fingerprint density at radius 2 is 1.64 bits per heavy atom. The maximum absolute atomic E-state index is 15.1. The molecule has 11 N–H and O–H groups in total. The second kappa shape index (κ2) is 25.8. The molecule has 74 heavy (non-hydrogen) atoms. The fourth-order valence-corrected chi connectivity index (χ4v) is 8.93. The minimum absolute atomic E-state index is 0. The summed E-state index contributed by atoms with van der Waals surface area (Å²) in [6, 6.07) is 14.6. The third kappa shape index (κ3) is 15.5. The number of aryl methyl sites for hydroxylation is 2. The lowest BCUT2D eigenvalue weighted by Crippen LogP contribution is -2.46. The number of guanidine groups is 1. The minimum Gasteiger partial charge on any atom is -0.504 e. The number of nitriles is 1. The molecular formula is C51H67N11O10S2. The molecule has 23 heteroatoms. The molecule has 0 saturated carbocycles. The zero-order valence-corrected chi connectivity index (χ0v) is 44.5. The number of Topliss-reactive ketones (excluding diaryl/α,β-unsaturated/α-hetero) is 3. The van der Waals surface area contributed by atoms with Crippen molar-refractivity contribution in [1.29, 1.82) is 5.26 Å². The van der Waals surface area contributed by atoms with E-state index in [1.807, 2.05) is 30.3 Å². The second-order valence-electron chi connectivity index (χ2n) is 19.0. The molecule has 0 radical (unpaired) electrons. The Morgan fingerprint density at radius 3 is 2.23 bits per heavy atom. The van der Waals surface area contributed by atoms with E-state index in [4.69, 9.17) is 31.8 Å². The lowest BCUT2D eigenvalue weighted by atomic mass is 9.86. The van der Waals surface area contributed by atoms with Gasteiger partial charge in [-0.2, -0.15) is 27.2 Å². The number of carbonyl (C=O) groups is 5. The number of phenolic OH excluding ortho intramolecular Hbond substituents is 1. The first-order valence-corrected chi connectivity index (χ1v) is 25.1. The van der Waals surface area contributed by atoms with Gasteiger partial charge in [-0.1, -0.05) is 58.0 Å². The molecule has 5 rings (SSSR count). The largest absolute Gasteiger partial charge is 0.504 e. The average Bonchev–Trinajstić information content (AvgIpc) is 3.32. The summed E-state index contributed by atoms with van der Waals surface area (Å²) in [5.74, 6) is -6.19. The van der Waals surface area contributed by atoms with Crippen LogP contribution in [0.25, 0.3) is 22.5 Å². The lowest BCUT2D eigenvalue weighted by molar-refractivity contribution is -0.142. The highest BCUT2D eigenvalue weighted by molar-refractivity contribution is 7.87. The zero-order valence-electron chi connectivity index (χ0n) is 42.7. The van der Waals surface area contributed by atoms with E-state index in [-0.39, 0.29) is 104 Å². The maximum atomic E-state index is 15.1. The van der Waals surface area contributed by atoms with Crippen LogP contribution in [0.3, 0.4) is 0 Å². The number of amides is 2. The fourth-order valence-electron chi connectivity index (χ4n) is 8.49. The van der Waals surface area contributed by atoms with E-state index in [9.17, 15) is 38.0 Å². The van der Waals surface area contributed by atoms with Crippen molar-refractivity contribution in [2.24, 2.45) is 39.2 Å². The number of nitrogens with two attached hydrogens (primary N) is 4. The number of aromatic nitrogens is 2. The van der Waals surface area contributed by atoms with E-state index >= 15 is 4.79 Å². The molecule has 2 amide bonds. The molecule has 398 valence electrons. The first-order valence-electron chi connectivity index (χ1n) is 23.6. The van der Waals surface area contributed by atoms with Gasteiger partial charge in [0.15, 0.2) is 40.6 Å². The van der Waals surface area contributed by atoms with Crippen molar-refractivity contribution in [2.75, 3.05) is 39.9 Å². The van der Waals surface area contributed by atoms with Crippen LogP contribution < -0.4 is 41.9 Å². The number of phenols is 1. The van der Waals surface area contributed by atoms with Gasteiger partial charge in [0.05, 0.1) is 41.5 Å². The predicted molar refractivity (Wildman–Crippen MR) is 284 cm³/mol. The summed E-state index contributed by atoms with van der Waals surface area (Å²) in [4.78, 5) is 86.2. The third-order valence-electron chi connectivity index (χ3n) is 12.3. The van der Waals surface area contributed by atoms with Gasteiger partial charge in [-0.25, -0.2) is 19.8 Å². The van der Waals surface area contributed by atoms with E-state index in [2.05, 4.69) is 45.8 Å². The van der Waals surface area contributed by atoms with Crippen molar-refractivity contribution in [3.63, 3.8) is 0 Å². The zero-order chi connectivity index (χ0) is 53.9. The highest BCUT2D eigenvalue weighted by atomic mass is 32.2. The predicted octanol–water partition coefficient (Wildman–Crippen LogP) is 3.22. The van der Waals surface area contributed by atoms with Crippen LogP contribution in [0.15, 0.2) is 59.6 Å². The third-order valence-corrected chi connectivity index (χ3v) is 12.8. The summed E-state index contributed by atoms with van der Waals surface area (Å²) in [6.45, 7) is 10.2. The Hall–Kier alpha value is -6.97. The van der Waals surface area contributed by atoms with Crippen molar-refractivity contribution in [3.8, 4) is 45.8 Å². The van der Waals surface area contributed by atoms with Crippen molar-refractivity contribution in [2.45, 2.75) is 91.1 Å². The van der Waals surface area contributed by atoms with Gasteiger partial charge in [0.25, 0.3) is 10.2 Å². The number of aliphatic imine (C=N–C) groups is 1. The van der Waals surface area contributed by atoms with Gasteiger partial charge in [-0.15, -0.1) is 0 Å². The van der Waals surface area contributed by atoms with Gasteiger partial charge in [-0.3, -0.25) is 29.0 Å². The number of rotatable bonds is 19. The number of benzene rings is 3. The molecule has 4 bridgehead atoms. The number of hydrogen-bond donors (Lipinski definition) is 7. The summed E-state index contributed by atoms with van der Waals surface area (Å²) < 4.78 is 38.9. The van der Waals surface area contributed by atoms with E-state index < -0.39 is 88.4 Å². The van der Waals surface area contributed by atoms with Crippen molar-refractivity contribution < 1.29 is 47.0 Å². The smallest absolute Gasteiger partial charge is 0.274 e. The quantitative estimate of drug-likeness (QED) is 0.0307. The molecule has 21 nitrogen and oxygen atoms in total. The number of nitrogens with one attached hydrogen (secondary N) is 2. The van der Waals surface area contributed by atoms with Crippen LogP contribution in [-0.2, 0) is 41.2 Å². The van der Waals surface area contributed by atoms with Gasteiger partial charge in [0.1, 0.15) is 25.0 Å². The van der Waals surface area contributed by atoms with E-state index in [1.165, 1.54) is 26.1 Å². The molecule has 0 saturated heterocycles. The first kappa shape index (κ1) is 59.6. The molecule has 2 heterocycles. The van der Waals surface area contributed by atoms with Gasteiger partial charge in [0, 0.05) is 68.4 Å². The summed E-state index contributed by atoms with van der Waals surface area (Å²) >= 11 is 0. The molecule has 0 spiro atoms. The molecule has 1 aliphatic rings. The number of ketones is 3. The Labute approximate surface area is 438 Å². The van der Waals surface area contributed by atoms with Crippen LogP contribution in [0.2, 0.25) is 0 Å². The Morgan fingerprint density at radius 1 is 0.986 bits per heavy atom. The Kier molecular flexibility index (Phi) is 20.8. The molecule has 3 aromatic carbocycles. The summed E-state index contributed by atoms with van der Waals surface area (Å²) in [5.41, 5.74) is 20.2. The van der Waals surface area contributed by atoms with Gasteiger partial charge < -0.3 is 42.0 Å². The topological polar surface area (TPSA) is 351 Å². The summed E-state index contributed by atoms with van der Waals surface area (Å²) in [7, 11) is -3.17. The molecule has 1 aliphatic heterocycles. The standard InChI is InChI=1S/C51H65N11O10S.H2S/c1-28-21-41(65)45(62(7)49(68)34(27-58-73(56,69)70)25-40(64)44-29(2)59-47(60-30(44)3)32-11-13-35(14-12-32)51(4,5)6)33-24-37(46(66)43(26-33)72-20-18-57-50(54)55)36-22-31(10-15-42(36)71-19-17-53)23-38(61-48(28)67)39(63)9-8-16-52;/h10-15,22,24,26,28,34,38,45,58,66H,8-9,17-21,23,25,27,53H2,1-7H3,(H,61,67)(H4,54,55,57)(H2,56,69,70);1H2/t28-,34+,38+,45+;/m1./s1. The molecule has 4 atom stereocenters. The maximum Gasteiger partial charge on any atom is 0.274 e. The van der Waals surface area contributed by atoms with Crippen LogP contribution in [0.4, 0.5) is 0 Å². The average molecular weight is 1060 g/mol. The Balaban J connectivity index is 0.0000119. The molecule has 0 fully saturated rings. The molecule has 0 aliphatic carbocycles. The van der Waals surface area contributed by atoms with E-state index in [1.54, 1.807) is 32.0 Å².